The number of benzene rings is 2. The van der Waals surface area contributed by atoms with E-state index in [4.69, 9.17) is 14.2 Å². The van der Waals surface area contributed by atoms with Crippen LogP contribution in [-0.4, -0.2) is 63.9 Å². The Bertz CT molecular complexity index is 1210. The summed E-state index contributed by atoms with van der Waals surface area (Å²) in [6.45, 7) is 13.4. The summed E-state index contributed by atoms with van der Waals surface area (Å²) in [7, 11) is 5.02. The molecule has 2 aromatic carbocycles. The van der Waals surface area contributed by atoms with Crippen molar-refractivity contribution in [1.29, 1.82) is 0 Å². The molecule has 42 heavy (non-hydrogen) atoms. The number of thiophene rings is 1. The predicted octanol–water partition coefficient (Wildman–Crippen LogP) is 7.85. The first kappa shape index (κ1) is 32.4. The largest absolute Gasteiger partial charge is 0.493 e. The van der Waals surface area contributed by atoms with Gasteiger partial charge in [-0.2, -0.15) is 0 Å². The van der Waals surface area contributed by atoms with Crippen LogP contribution < -0.4 is 14.2 Å². The van der Waals surface area contributed by atoms with Crippen LogP contribution in [0.4, 0.5) is 0 Å². The van der Waals surface area contributed by atoms with E-state index in [1.165, 1.54) is 56.2 Å². The average molecular weight is 593 g/mol. The number of hydrogen-bond acceptors (Lipinski definition) is 6. The van der Waals surface area contributed by atoms with E-state index < -0.39 is 0 Å². The summed E-state index contributed by atoms with van der Waals surface area (Å²) in [5, 5.41) is 0. The maximum absolute atomic E-state index is 5.70. The summed E-state index contributed by atoms with van der Waals surface area (Å²) in [5.74, 6) is 3.51. The molecule has 1 atom stereocenters. The van der Waals surface area contributed by atoms with Gasteiger partial charge >= 0.3 is 0 Å². The van der Waals surface area contributed by atoms with Crippen LogP contribution in [0.1, 0.15) is 72.4 Å². The highest BCUT2D eigenvalue weighted by Gasteiger charge is 2.21. The monoisotopic (exact) mass is 592 g/mol. The van der Waals surface area contributed by atoms with Crippen molar-refractivity contribution < 1.29 is 14.2 Å². The van der Waals surface area contributed by atoms with E-state index in [-0.39, 0.29) is 0 Å². The number of methoxy groups -OCH3 is 3. The molecule has 1 saturated heterocycles. The minimum absolute atomic E-state index is 0.606. The number of nitrogens with zero attached hydrogens (tertiary/aromatic N) is 2. The molecule has 0 spiro atoms. The van der Waals surface area contributed by atoms with Crippen LogP contribution >= 0.6 is 11.3 Å². The summed E-state index contributed by atoms with van der Waals surface area (Å²) in [4.78, 5) is 8.25. The fourth-order valence-corrected chi connectivity index (χ4v) is 6.94. The smallest absolute Gasteiger partial charge is 0.203 e. The summed E-state index contributed by atoms with van der Waals surface area (Å²) in [5.41, 5.74) is 4.04. The Morgan fingerprint density at radius 1 is 0.690 bits per heavy atom. The molecule has 1 fully saturated rings. The zero-order chi connectivity index (χ0) is 29.9. The molecule has 0 radical (unpaired) electrons. The zero-order valence-corrected chi connectivity index (χ0v) is 27.6. The van der Waals surface area contributed by atoms with Crippen molar-refractivity contribution in [3.8, 4) is 17.2 Å². The molecular weight excluding hydrogens is 540 g/mol. The number of ether oxygens (including phenoxy) is 3. The Labute approximate surface area is 258 Å². The lowest BCUT2D eigenvalue weighted by Gasteiger charge is -2.35. The van der Waals surface area contributed by atoms with E-state index in [2.05, 4.69) is 73.0 Å². The minimum Gasteiger partial charge on any atom is -0.493 e. The lowest BCUT2D eigenvalue weighted by atomic mass is 10.00. The standard InChI is InChI=1S/C36H52N2O3S/c1-27(2)30-13-11-29(12-14-30)8-7-9-32-17-18-33(42-32)16-10-28(3)20-21-37-22-24-38(25-23-37)26-31-15-19-34(39-4)36(41-6)35(31)40-5/h11-15,17-19,27-28H,7-10,16,20-26H2,1-6H3. The zero-order valence-electron chi connectivity index (χ0n) is 26.8. The third kappa shape index (κ3) is 9.23. The third-order valence-electron chi connectivity index (χ3n) is 8.72. The van der Waals surface area contributed by atoms with Gasteiger partial charge in [0.2, 0.25) is 5.75 Å². The van der Waals surface area contributed by atoms with E-state index in [9.17, 15) is 0 Å². The van der Waals surface area contributed by atoms with Crippen LogP contribution in [-0.2, 0) is 25.8 Å². The van der Waals surface area contributed by atoms with Gasteiger partial charge in [0, 0.05) is 48.0 Å². The fraction of sp³-hybridized carbons (Fsp3) is 0.556. The van der Waals surface area contributed by atoms with Crippen molar-refractivity contribution in [2.75, 3.05) is 54.1 Å². The molecule has 0 N–H and O–H groups in total. The van der Waals surface area contributed by atoms with Gasteiger partial charge in [-0.05, 0) is 86.2 Å². The molecule has 1 aliphatic heterocycles. The minimum atomic E-state index is 0.606. The molecule has 1 unspecified atom stereocenters. The maximum atomic E-state index is 5.70. The van der Waals surface area contributed by atoms with Gasteiger partial charge in [-0.25, -0.2) is 0 Å². The highest BCUT2D eigenvalue weighted by atomic mass is 32.1. The van der Waals surface area contributed by atoms with Gasteiger partial charge in [0.25, 0.3) is 0 Å². The number of aryl methyl sites for hydroxylation is 3. The van der Waals surface area contributed by atoms with Crippen molar-refractivity contribution in [3.63, 3.8) is 0 Å². The van der Waals surface area contributed by atoms with Gasteiger partial charge < -0.3 is 19.1 Å². The molecule has 3 aromatic rings. The predicted molar refractivity (Wildman–Crippen MR) is 177 cm³/mol. The van der Waals surface area contributed by atoms with E-state index in [0.717, 1.165) is 50.0 Å². The van der Waals surface area contributed by atoms with Gasteiger partial charge in [-0.3, -0.25) is 4.90 Å². The Kier molecular flexibility index (Phi) is 12.6. The van der Waals surface area contributed by atoms with Crippen molar-refractivity contribution >= 4 is 11.3 Å². The Balaban J connectivity index is 1.12. The van der Waals surface area contributed by atoms with E-state index in [1.54, 1.807) is 31.1 Å². The second-order valence-corrected chi connectivity index (χ2v) is 13.4. The number of piperazine rings is 1. The first-order valence-electron chi connectivity index (χ1n) is 15.8. The Morgan fingerprint density at radius 2 is 1.36 bits per heavy atom. The molecule has 5 nitrogen and oxygen atoms in total. The number of rotatable bonds is 16. The van der Waals surface area contributed by atoms with E-state index in [1.807, 2.05) is 17.4 Å². The fourth-order valence-electron chi connectivity index (χ4n) is 5.86. The summed E-state index contributed by atoms with van der Waals surface area (Å²) >= 11 is 2.03. The molecule has 6 heteroatoms. The third-order valence-corrected chi connectivity index (χ3v) is 9.92. The summed E-state index contributed by atoms with van der Waals surface area (Å²) in [6, 6.07) is 18.0. The van der Waals surface area contributed by atoms with Crippen molar-refractivity contribution in [2.24, 2.45) is 5.92 Å². The van der Waals surface area contributed by atoms with Crippen molar-refractivity contribution in [1.82, 2.24) is 9.80 Å². The van der Waals surface area contributed by atoms with Crippen LogP contribution in [0.5, 0.6) is 17.2 Å². The molecule has 0 amide bonds. The highest BCUT2D eigenvalue weighted by Crippen LogP contribution is 2.40. The molecule has 0 aliphatic carbocycles. The molecule has 1 aromatic heterocycles. The average Bonchev–Trinajstić information content (AvgIpc) is 3.47. The maximum Gasteiger partial charge on any atom is 0.203 e. The highest BCUT2D eigenvalue weighted by molar-refractivity contribution is 7.11. The van der Waals surface area contributed by atoms with E-state index >= 15 is 0 Å². The Hall–Kier alpha value is -2.54. The molecule has 1 aliphatic rings. The SMILES string of the molecule is COc1ccc(CN2CCN(CCC(C)CCc3ccc(CCCc4ccc(C(C)C)cc4)s3)CC2)c(OC)c1OC. The molecule has 230 valence electrons. The van der Waals surface area contributed by atoms with Gasteiger partial charge in [-0.1, -0.05) is 51.1 Å². The second-order valence-electron chi connectivity index (χ2n) is 12.2. The molecule has 0 saturated carbocycles. The van der Waals surface area contributed by atoms with Crippen LogP contribution in [0, 0.1) is 5.92 Å². The van der Waals surface area contributed by atoms with Gasteiger partial charge in [0.1, 0.15) is 0 Å². The van der Waals surface area contributed by atoms with Gasteiger partial charge in [0.15, 0.2) is 11.5 Å². The Morgan fingerprint density at radius 3 is 2.00 bits per heavy atom. The summed E-state index contributed by atoms with van der Waals surface area (Å²) < 4.78 is 16.7. The second kappa shape index (κ2) is 16.3. The molecule has 2 heterocycles. The quantitative estimate of drug-likeness (QED) is 0.169. The van der Waals surface area contributed by atoms with Crippen molar-refractivity contribution in [2.45, 2.75) is 71.8 Å². The molecular formula is C36H52N2O3S. The van der Waals surface area contributed by atoms with Crippen molar-refractivity contribution in [3.05, 3.63) is 75.0 Å². The van der Waals surface area contributed by atoms with Crippen LogP contribution in [0.3, 0.4) is 0 Å². The van der Waals surface area contributed by atoms with Crippen LogP contribution in [0.15, 0.2) is 48.5 Å². The first-order chi connectivity index (χ1) is 20.4. The normalized spacial score (nSPS) is 15.2. The number of hydrogen-bond donors (Lipinski definition) is 0. The van der Waals surface area contributed by atoms with E-state index in [0.29, 0.717) is 17.4 Å². The van der Waals surface area contributed by atoms with Crippen LogP contribution in [0.25, 0.3) is 0 Å². The van der Waals surface area contributed by atoms with Gasteiger partial charge in [-0.15, -0.1) is 11.3 Å². The molecule has 0 bridgehead atoms. The lowest BCUT2D eigenvalue weighted by molar-refractivity contribution is 0.121. The summed E-state index contributed by atoms with van der Waals surface area (Å²) in [6.07, 6.45) is 7.35. The molecule has 4 rings (SSSR count). The topological polar surface area (TPSA) is 34.2 Å². The lowest BCUT2D eigenvalue weighted by Crippen LogP contribution is -2.46. The first-order valence-corrected chi connectivity index (χ1v) is 16.6. The van der Waals surface area contributed by atoms with Gasteiger partial charge in [0.05, 0.1) is 21.3 Å². The van der Waals surface area contributed by atoms with Crippen LogP contribution in [0.2, 0.25) is 0 Å².